The van der Waals surface area contributed by atoms with Crippen molar-refractivity contribution in [1.29, 1.82) is 0 Å². The average molecular weight is 367 g/mol. The molecular weight excluding hydrogens is 342 g/mol. The van der Waals surface area contributed by atoms with Crippen molar-refractivity contribution in [3.63, 3.8) is 0 Å². The summed E-state index contributed by atoms with van der Waals surface area (Å²) in [6.45, 7) is 5.51. The van der Waals surface area contributed by atoms with E-state index in [1.54, 1.807) is 23.2 Å². The predicted octanol–water partition coefficient (Wildman–Crippen LogP) is 3.25. The minimum absolute atomic E-state index is 0.00611. The van der Waals surface area contributed by atoms with E-state index in [-0.39, 0.29) is 17.7 Å². The highest BCUT2D eigenvalue weighted by atomic mass is 16.5. The third kappa shape index (κ3) is 4.27. The number of carbonyl (C=O) groups is 2. The molecule has 1 aromatic heterocycles. The smallest absolute Gasteiger partial charge is 0.259 e. The topological polar surface area (TPSA) is 71.5 Å². The maximum atomic E-state index is 13.1. The van der Waals surface area contributed by atoms with Gasteiger partial charge < -0.3 is 15.0 Å². The molecule has 1 aliphatic rings. The number of nitrogens with zero attached hydrogens (tertiary/aromatic N) is 2. The van der Waals surface area contributed by atoms with E-state index in [2.05, 4.69) is 10.3 Å². The predicted molar refractivity (Wildman–Crippen MR) is 103 cm³/mol. The molecule has 1 unspecified atom stereocenters. The average Bonchev–Trinajstić information content (AvgIpc) is 3.10. The standard InChI is InChI=1S/C21H25N3O3/c1-3-12-23-20(26)21(2)11-14-24(15-21)19(25)17-10-7-13-22-18(17)27-16-8-5-4-6-9-16/h4-10,13H,3,11-12,14-15H2,1-2H3,(H,23,26). The quantitative estimate of drug-likeness (QED) is 0.851. The van der Waals surface area contributed by atoms with E-state index in [0.717, 1.165) is 6.42 Å². The van der Waals surface area contributed by atoms with Gasteiger partial charge in [0.05, 0.1) is 5.41 Å². The molecule has 6 nitrogen and oxygen atoms in total. The summed E-state index contributed by atoms with van der Waals surface area (Å²) in [6, 6.07) is 12.7. The molecule has 0 spiro atoms. The second-order valence-corrected chi connectivity index (χ2v) is 7.06. The van der Waals surface area contributed by atoms with Gasteiger partial charge in [-0.2, -0.15) is 0 Å². The number of hydrogen-bond donors (Lipinski definition) is 1. The van der Waals surface area contributed by atoms with Gasteiger partial charge in [0.2, 0.25) is 11.8 Å². The number of amides is 2. The third-order valence-corrected chi connectivity index (χ3v) is 4.80. The van der Waals surface area contributed by atoms with Crippen molar-refractivity contribution in [2.45, 2.75) is 26.7 Å². The largest absolute Gasteiger partial charge is 0.438 e. The molecule has 3 rings (SSSR count). The lowest BCUT2D eigenvalue weighted by atomic mass is 9.88. The third-order valence-electron chi connectivity index (χ3n) is 4.80. The van der Waals surface area contributed by atoms with Gasteiger partial charge in [0.1, 0.15) is 11.3 Å². The fraction of sp³-hybridized carbons (Fsp3) is 0.381. The first-order valence-electron chi connectivity index (χ1n) is 9.29. The molecule has 1 aromatic carbocycles. The second-order valence-electron chi connectivity index (χ2n) is 7.06. The van der Waals surface area contributed by atoms with Crippen molar-refractivity contribution < 1.29 is 14.3 Å². The lowest BCUT2D eigenvalue weighted by Gasteiger charge is -2.24. The van der Waals surface area contributed by atoms with Crippen LogP contribution in [0.3, 0.4) is 0 Å². The zero-order chi connectivity index (χ0) is 19.3. The number of carbonyl (C=O) groups excluding carboxylic acids is 2. The molecular formula is C21H25N3O3. The Bertz CT molecular complexity index is 809. The van der Waals surface area contributed by atoms with Crippen LogP contribution in [0.5, 0.6) is 11.6 Å². The van der Waals surface area contributed by atoms with Crippen LogP contribution in [0.2, 0.25) is 0 Å². The molecule has 0 bridgehead atoms. The lowest BCUT2D eigenvalue weighted by molar-refractivity contribution is -0.129. The summed E-state index contributed by atoms with van der Waals surface area (Å²) in [6.07, 6.45) is 3.13. The zero-order valence-electron chi connectivity index (χ0n) is 15.8. The van der Waals surface area contributed by atoms with Gasteiger partial charge in [-0.25, -0.2) is 4.98 Å². The highest BCUT2D eigenvalue weighted by Crippen LogP contribution is 2.32. The van der Waals surface area contributed by atoms with E-state index < -0.39 is 5.41 Å². The van der Waals surface area contributed by atoms with E-state index >= 15 is 0 Å². The molecule has 142 valence electrons. The van der Waals surface area contributed by atoms with E-state index in [1.165, 1.54) is 0 Å². The van der Waals surface area contributed by atoms with Crippen molar-refractivity contribution in [2.24, 2.45) is 5.41 Å². The number of nitrogens with one attached hydrogen (secondary N) is 1. The Hall–Kier alpha value is -2.89. The summed E-state index contributed by atoms with van der Waals surface area (Å²) in [7, 11) is 0. The number of pyridine rings is 1. The van der Waals surface area contributed by atoms with E-state index in [4.69, 9.17) is 4.74 Å². The van der Waals surface area contributed by atoms with Gasteiger partial charge in [-0.05, 0) is 44.0 Å². The molecule has 1 saturated heterocycles. The fourth-order valence-corrected chi connectivity index (χ4v) is 3.18. The van der Waals surface area contributed by atoms with Gasteiger partial charge >= 0.3 is 0 Å². The van der Waals surface area contributed by atoms with Crippen LogP contribution in [0.15, 0.2) is 48.7 Å². The molecule has 1 fully saturated rings. The summed E-state index contributed by atoms with van der Waals surface area (Å²) >= 11 is 0. The van der Waals surface area contributed by atoms with Crippen LogP contribution in [0.1, 0.15) is 37.0 Å². The van der Waals surface area contributed by atoms with Crippen LogP contribution in [0, 0.1) is 5.41 Å². The number of aromatic nitrogens is 1. The molecule has 1 N–H and O–H groups in total. The molecule has 27 heavy (non-hydrogen) atoms. The highest BCUT2D eigenvalue weighted by Gasteiger charge is 2.42. The van der Waals surface area contributed by atoms with Crippen LogP contribution in [0.25, 0.3) is 0 Å². The number of para-hydroxylation sites is 1. The zero-order valence-corrected chi connectivity index (χ0v) is 15.8. The molecule has 0 aliphatic carbocycles. The molecule has 1 aliphatic heterocycles. The number of benzene rings is 1. The first kappa shape index (κ1) is 18.9. The molecule has 6 heteroatoms. The Morgan fingerprint density at radius 2 is 2.00 bits per heavy atom. The van der Waals surface area contributed by atoms with Crippen LogP contribution >= 0.6 is 0 Å². The van der Waals surface area contributed by atoms with E-state index in [0.29, 0.717) is 37.4 Å². The lowest BCUT2D eigenvalue weighted by Crippen LogP contribution is -2.42. The number of likely N-dealkylation sites (tertiary alicyclic amines) is 1. The summed E-state index contributed by atoms with van der Waals surface area (Å²) in [5.74, 6) is 0.737. The maximum absolute atomic E-state index is 13.1. The van der Waals surface area contributed by atoms with Crippen LogP contribution < -0.4 is 10.1 Å². The van der Waals surface area contributed by atoms with Crippen molar-refractivity contribution in [3.8, 4) is 11.6 Å². The fourth-order valence-electron chi connectivity index (χ4n) is 3.18. The number of hydrogen-bond acceptors (Lipinski definition) is 4. The number of ether oxygens (including phenoxy) is 1. The van der Waals surface area contributed by atoms with Gasteiger partial charge in [-0.15, -0.1) is 0 Å². The van der Waals surface area contributed by atoms with Crippen molar-refractivity contribution in [3.05, 3.63) is 54.2 Å². The van der Waals surface area contributed by atoms with Gasteiger partial charge in [0, 0.05) is 25.8 Å². The molecule has 2 aromatic rings. The van der Waals surface area contributed by atoms with Crippen LogP contribution in [0.4, 0.5) is 0 Å². The van der Waals surface area contributed by atoms with E-state index in [1.807, 2.05) is 44.2 Å². The monoisotopic (exact) mass is 367 g/mol. The second kappa shape index (κ2) is 8.20. The Morgan fingerprint density at radius 3 is 2.74 bits per heavy atom. The van der Waals surface area contributed by atoms with Crippen LogP contribution in [-0.4, -0.2) is 41.3 Å². The van der Waals surface area contributed by atoms with Crippen molar-refractivity contribution >= 4 is 11.8 Å². The molecule has 1 atom stereocenters. The summed E-state index contributed by atoms with van der Waals surface area (Å²) in [5, 5.41) is 2.94. The van der Waals surface area contributed by atoms with Gasteiger partial charge in [0.15, 0.2) is 0 Å². The minimum atomic E-state index is -0.562. The molecule has 2 heterocycles. The summed E-state index contributed by atoms with van der Waals surface area (Å²) in [4.78, 5) is 31.4. The first-order chi connectivity index (χ1) is 13.0. The normalized spacial score (nSPS) is 19.0. The Labute approximate surface area is 159 Å². The van der Waals surface area contributed by atoms with Crippen LogP contribution in [-0.2, 0) is 4.79 Å². The summed E-state index contributed by atoms with van der Waals surface area (Å²) in [5.41, 5.74) is -0.160. The first-order valence-corrected chi connectivity index (χ1v) is 9.29. The van der Waals surface area contributed by atoms with Gasteiger partial charge in [0.25, 0.3) is 5.91 Å². The van der Waals surface area contributed by atoms with Crippen molar-refractivity contribution in [2.75, 3.05) is 19.6 Å². The Kier molecular flexibility index (Phi) is 5.74. The van der Waals surface area contributed by atoms with E-state index in [9.17, 15) is 9.59 Å². The number of rotatable bonds is 6. The molecule has 0 saturated carbocycles. The molecule has 2 amide bonds. The minimum Gasteiger partial charge on any atom is -0.438 e. The van der Waals surface area contributed by atoms with Gasteiger partial charge in [-0.3, -0.25) is 9.59 Å². The molecule has 0 radical (unpaired) electrons. The highest BCUT2D eigenvalue weighted by molar-refractivity contribution is 5.97. The maximum Gasteiger partial charge on any atom is 0.259 e. The SMILES string of the molecule is CCCNC(=O)C1(C)CCN(C(=O)c2cccnc2Oc2ccccc2)C1. The Balaban J connectivity index is 1.74. The Morgan fingerprint density at radius 1 is 1.22 bits per heavy atom. The van der Waals surface area contributed by atoms with Gasteiger partial charge in [-0.1, -0.05) is 25.1 Å². The van der Waals surface area contributed by atoms with Crippen molar-refractivity contribution in [1.82, 2.24) is 15.2 Å². The summed E-state index contributed by atoms with van der Waals surface area (Å²) < 4.78 is 5.80.